The number of rotatable bonds is 6. The third-order valence-electron chi connectivity index (χ3n) is 3.56. The highest BCUT2D eigenvalue weighted by Crippen LogP contribution is 2.26. The zero-order valence-electron chi connectivity index (χ0n) is 14.0. The van der Waals surface area contributed by atoms with Gasteiger partial charge in [0, 0.05) is 23.1 Å². The Hall–Kier alpha value is -2.08. The summed E-state index contributed by atoms with van der Waals surface area (Å²) in [5.74, 6) is 0.533. The Morgan fingerprint density at radius 3 is 2.62 bits per heavy atom. The zero-order chi connectivity index (χ0) is 18.5. The molecular formula is C19H16Cl2N2O2S. The Labute approximate surface area is 165 Å². The van der Waals surface area contributed by atoms with Crippen molar-refractivity contribution in [2.45, 2.75) is 13.3 Å². The number of hydrogen-bond acceptors (Lipinski definition) is 4. The quantitative estimate of drug-likeness (QED) is 0.571. The fourth-order valence-corrected chi connectivity index (χ4v) is 3.50. The van der Waals surface area contributed by atoms with Crippen LogP contribution in [0.3, 0.4) is 0 Å². The molecule has 0 aliphatic rings. The van der Waals surface area contributed by atoms with E-state index in [0.717, 1.165) is 16.2 Å². The van der Waals surface area contributed by atoms with Crippen LogP contribution in [0.1, 0.15) is 27.7 Å². The third kappa shape index (κ3) is 4.75. The van der Waals surface area contributed by atoms with Gasteiger partial charge in [-0.2, -0.15) is 0 Å². The largest absolute Gasteiger partial charge is 0.494 e. The van der Waals surface area contributed by atoms with Gasteiger partial charge in [0.2, 0.25) is 0 Å². The van der Waals surface area contributed by atoms with Gasteiger partial charge in [-0.15, -0.1) is 11.3 Å². The predicted molar refractivity (Wildman–Crippen MR) is 107 cm³/mol. The molecule has 1 amide bonds. The van der Waals surface area contributed by atoms with Crippen molar-refractivity contribution < 1.29 is 9.53 Å². The van der Waals surface area contributed by atoms with Crippen LogP contribution >= 0.6 is 34.5 Å². The number of aromatic nitrogens is 1. The van der Waals surface area contributed by atoms with E-state index in [9.17, 15) is 4.79 Å². The molecule has 3 aromatic rings. The molecule has 4 nitrogen and oxygen atoms in total. The maximum atomic E-state index is 12.3. The average molecular weight is 407 g/mol. The molecule has 0 atom stereocenters. The van der Waals surface area contributed by atoms with Gasteiger partial charge in [-0.1, -0.05) is 29.3 Å². The summed E-state index contributed by atoms with van der Waals surface area (Å²) in [6, 6.07) is 12.5. The highest BCUT2D eigenvalue weighted by atomic mass is 35.5. The molecule has 0 saturated carbocycles. The number of amides is 1. The SMILES string of the molecule is CCOc1ccc(C(=O)Nc2ncc(Cc3ccc(Cl)c(Cl)c3)s2)cc1. The summed E-state index contributed by atoms with van der Waals surface area (Å²) in [7, 11) is 0. The maximum Gasteiger partial charge on any atom is 0.257 e. The Bertz CT molecular complexity index is 910. The van der Waals surface area contributed by atoms with Crippen molar-refractivity contribution in [3.8, 4) is 5.75 Å². The summed E-state index contributed by atoms with van der Waals surface area (Å²) in [5.41, 5.74) is 1.59. The fourth-order valence-electron chi connectivity index (χ4n) is 2.34. The standard InChI is InChI=1S/C19H16Cl2N2O2S/c1-2-25-14-6-4-13(5-7-14)18(24)23-19-22-11-15(26-19)9-12-3-8-16(20)17(21)10-12/h3-8,10-11H,2,9H2,1H3,(H,22,23,24). The maximum absolute atomic E-state index is 12.3. The van der Waals surface area contributed by atoms with Gasteiger partial charge in [0.15, 0.2) is 5.13 Å². The van der Waals surface area contributed by atoms with Gasteiger partial charge in [-0.05, 0) is 48.9 Å². The number of carbonyl (C=O) groups excluding carboxylic acids is 1. The van der Waals surface area contributed by atoms with E-state index >= 15 is 0 Å². The second-order valence-corrected chi connectivity index (χ2v) is 7.40. The fraction of sp³-hybridized carbons (Fsp3) is 0.158. The van der Waals surface area contributed by atoms with Crippen molar-refractivity contribution in [2.75, 3.05) is 11.9 Å². The molecule has 0 radical (unpaired) electrons. The van der Waals surface area contributed by atoms with Crippen LogP contribution in [0.25, 0.3) is 0 Å². The molecule has 0 bridgehead atoms. The van der Waals surface area contributed by atoms with Crippen LogP contribution in [-0.2, 0) is 6.42 Å². The Balaban J connectivity index is 1.64. The lowest BCUT2D eigenvalue weighted by atomic mass is 10.1. The molecule has 0 spiro atoms. The van der Waals surface area contributed by atoms with E-state index in [1.165, 1.54) is 11.3 Å². The molecule has 0 aliphatic heterocycles. The van der Waals surface area contributed by atoms with E-state index in [2.05, 4.69) is 10.3 Å². The van der Waals surface area contributed by atoms with E-state index < -0.39 is 0 Å². The van der Waals surface area contributed by atoms with Gasteiger partial charge in [0.05, 0.1) is 16.7 Å². The summed E-state index contributed by atoms with van der Waals surface area (Å²) in [6.45, 7) is 2.50. The monoisotopic (exact) mass is 406 g/mol. The minimum atomic E-state index is -0.205. The Morgan fingerprint density at radius 2 is 1.92 bits per heavy atom. The lowest BCUT2D eigenvalue weighted by Crippen LogP contribution is -2.11. The zero-order valence-corrected chi connectivity index (χ0v) is 16.3. The van der Waals surface area contributed by atoms with Crippen molar-refractivity contribution >= 4 is 45.6 Å². The van der Waals surface area contributed by atoms with Gasteiger partial charge < -0.3 is 4.74 Å². The lowest BCUT2D eigenvalue weighted by molar-refractivity contribution is 0.102. The van der Waals surface area contributed by atoms with Crippen LogP contribution < -0.4 is 10.1 Å². The number of carbonyl (C=O) groups is 1. The number of thiazole rings is 1. The summed E-state index contributed by atoms with van der Waals surface area (Å²) in [5, 5.41) is 4.43. The van der Waals surface area contributed by atoms with E-state index in [-0.39, 0.29) is 5.91 Å². The van der Waals surface area contributed by atoms with Gasteiger partial charge in [0.1, 0.15) is 5.75 Å². The van der Waals surface area contributed by atoms with Gasteiger partial charge in [0.25, 0.3) is 5.91 Å². The number of nitrogens with zero attached hydrogens (tertiary/aromatic N) is 1. The molecule has 134 valence electrons. The number of benzene rings is 2. The van der Waals surface area contributed by atoms with Crippen molar-refractivity contribution in [3.05, 3.63) is 74.7 Å². The van der Waals surface area contributed by atoms with Gasteiger partial charge in [-0.3, -0.25) is 10.1 Å². The molecule has 1 aromatic heterocycles. The second kappa shape index (κ2) is 8.54. The molecule has 3 rings (SSSR count). The predicted octanol–water partition coefficient (Wildman–Crippen LogP) is 5.69. The molecule has 0 fully saturated rings. The number of anilines is 1. The number of nitrogens with one attached hydrogen (secondary N) is 1. The molecule has 1 N–H and O–H groups in total. The summed E-state index contributed by atoms with van der Waals surface area (Å²) in [4.78, 5) is 17.6. The number of hydrogen-bond donors (Lipinski definition) is 1. The lowest BCUT2D eigenvalue weighted by Gasteiger charge is -2.04. The van der Waals surface area contributed by atoms with Gasteiger partial charge in [-0.25, -0.2) is 4.98 Å². The van der Waals surface area contributed by atoms with E-state index in [4.69, 9.17) is 27.9 Å². The van der Waals surface area contributed by atoms with Crippen molar-refractivity contribution in [2.24, 2.45) is 0 Å². The molecule has 26 heavy (non-hydrogen) atoms. The first-order valence-corrected chi connectivity index (χ1v) is 9.55. The van der Waals surface area contributed by atoms with Crippen LogP contribution in [0.5, 0.6) is 5.75 Å². The highest BCUT2D eigenvalue weighted by Gasteiger charge is 2.10. The first-order valence-electron chi connectivity index (χ1n) is 7.98. The molecule has 1 heterocycles. The third-order valence-corrected chi connectivity index (χ3v) is 5.22. The minimum Gasteiger partial charge on any atom is -0.494 e. The molecule has 0 saturated heterocycles. The van der Waals surface area contributed by atoms with Crippen LogP contribution in [0, 0.1) is 0 Å². The van der Waals surface area contributed by atoms with Crippen molar-refractivity contribution in [3.63, 3.8) is 0 Å². The van der Waals surface area contributed by atoms with Crippen molar-refractivity contribution in [1.29, 1.82) is 0 Å². The average Bonchev–Trinajstić information content (AvgIpc) is 3.06. The highest BCUT2D eigenvalue weighted by molar-refractivity contribution is 7.15. The number of halogens is 2. The first kappa shape index (κ1) is 18.7. The van der Waals surface area contributed by atoms with Crippen LogP contribution in [0.4, 0.5) is 5.13 Å². The molecule has 0 unspecified atom stereocenters. The first-order chi connectivity index (χ1) is 12.5. The topological polar surface area (TPSA) is 51.2 Å². The Morgan fingerprint density at radius 1 is 1.15 bits per heavy atom. The Kier molecular flexibility index (Phi) is 6.14. The summed E-state index contributed by atoms with van der Waals surface area (Å²) in [6.07, 6.45) is 2.43. The van der Waals surface area contributed by atoms with Crippen LogP contribution in [-0.4, -0.2) is 17.5 Å². The van der Waals surface area contributed by atoms with E-state index in [0.29, 0.717) is 33.8 Å². The molecule has 0 aliphatic carbocycles. The van der Waals surface area contributed by atoms with Crippen molar-refractivity contribution in [1.82, 2.24) is 4.98 Å². The molecular weight excluding hydrogens is 391 g/mol. The molecule has 2 aromatic carbocycles. The second-order valence-electron chi connectivity index (χ2n) is 5.47. The smallest absolute Gasteiger partial charge is 0.257 e. The van der Waals surface area contributed by atoms with Gasteiger partial charge >= 0.3 is 0 Å². The number of ether oxygens (including phenoxy) is 1. The minimum absolute atomic E-state index is 0.205. The van der Waals surface area contributed by atoms with E-state index in [1.807, 2.05) is 19.1 Å². The normalized spacial score (nSPS) is 10.6. The summed E-state index contributed by atoms with van der Waals surface area (Å²) >= 11 is 13.4. The summed E-state index contributed by atoms with van der Waals surface area (Å²) < 4.78 is 5.37. The molecule has 7 heteroatoms. The van der Waals surface area contributed by atoms with E-state index in [1.54, 1.807) is 36.5 Å². The van der Waals surface area contributed by atoms with Crippen LogP contribution in [0.15, 0.2) is 48.7 Å². The van der Waals surface area contributed by atoms with Crippen LogP contribution in [0.2, 0.25) is 10.0 Å².